The van der Waals surface area contributed by atoms with E-state index >= 15 is 4.39 Å². The molecular weight excluding hydrogens is 502 g/mol. The number of alkyl halides is 3. The van der Waals surface area contributed by atoms with Crippen molar-refractivity contribution < 1.29 is 27.5 Å². The molecule has 1 amide bonds. The van der Waals surface area contributed by atoms with Gasteiger partial charge in [0.15, 0.2) is 0 Å². The Kier molecular flexibility index (Phi) is 6.88. The summed E-state index contributed by atoms with van der Waals surface area (Å²) in [5.41, 5.74) is -0.339. The van der Waals surface area contributed by atoms with Gasteiger partial charge in [-0.25, -0.2) is 14.4 Å². The Balaban J connectivity index is 1.40. The molecule has 0 radical (unpaired) electrons. The van der Waals surface area contributed by atoms with Gasteiger partial charge in [0.1, 0.15) is 18.0 Å². The van der Waals surface area contributed by atoms with E-state index in [0.717, 1.165) is 17.8 Å². The number of fused-ring (bicyclic) bond motifs is 1. The first-order chi connectivity index (χ1) is 17.9. The largest absolute Gasteiger partial charge is 0.419 e. The molecule has 2 aromatic rings. The van der Waals surface area contributed by atoms with Crippen LogP contribution in [0, 0.1) is 5.82 Å². The molecule has 0 saturated carbocycles. The third-order valence-electron chi connectivity index (χ3n) is 8.16. The average Bonchev–Trinajstić information content (AvgIpc) is 3.37. The molecule has 206 valence electrons. The number of halogens is 4. The lowest BCUT2D eigenvalue weighted by Gasteiger charge is -2.39. The van der Waals surface area contributed by atoms with Crippen LogP contribution in [-0.4, -0.2) is 63.6 Å². The zero-order valence-corrected chi connectivity index (χ0v) is 21.7. The van der Waals surface area contributed by atoms with E-state index in [2.05, 4.69) is 20.2 Å². The van der Waals surface area contributed by atoms with Crippen molar-refractivity contribution in [2.45, 2.75) is 75.7 Å². The number of hydrogen-bond acceptors (Lipinski definition) is 6. The van der Waals surface area contributed by atoms with Crippen LogP contribution in [0.25, 0.3) is 0 Å². The van der Waals surface area contributed by atoms with Crippen molar-refractivity contribution in [2.75, 3.05) is 31.1 Å². The van der Waals surface area contributed by atoms with Crippen LogP contribution >= 0.6 is 0 Å². The number of benzene rings is 1. The molecule has 7 nitrogen and oxygen atoms in total. The van der Waals surface area contributed by atoms with Crippen molar-refractivity contribution in [3.8, 4) is 0 Å². The molecule has 2 N–H and O–H groups in total. The summed E-state index contributed by atoms with van der Waals surface area (Å²) in [6.07, 6.45) is -2.20. The number of carbonyl (C=O) groups is 1. The molecule has 11 heteroatoms. The van der Waals surface area contributed by atoms with Gasteiger partial charge < -0.3 is 20.2 Å². The van der Waals surface area contributed by atoms with Crippen LogP contribution in [-0.2, 0) is 11.0 Å². The van der Waals surface area contributed by atoms with Gasteiger partial charge in [-0.1, -0.05) is 19.1 Å². The summed E-state index contributed by atoms with van der Waals surface area (Å²) in [6, 6.07) is 2.70. The van der Waals surface area contributed by atoms with Crippen LogP contribution in [0.1, 0.15) is 80.4 Å². The molecule has 1 aromatic heterocycles. The molecule has 2 fully saturated rings. The van der Waals surface area contributed by atoms with E-state index in [0.29, 0.717) is 50.8 Å². The Labute approximate surface area is 219 Å². The molecule has 1 aromatic carbocycles. The Morgan fingerprint density at radius 2 is 1.89 bits per heavy atom. The van der Waals surface area contributed by atoms with Crippen molar-refractivity contribution in [3.63, 3.8) is 0 Å². The molecular formula is C27H33F4N5O2. The summed E-state index contributed by atoms with van der Waals surface area (Å²) in [7, 11) is 0. The van der Waals surface area contributed by atoms with Gasteiger partial charge in [0.25, 0.3) is 0 Å². The summed E-state index contributed by atoms with van der Waals surface area (Å²) in [6.45, 7) is 7.51. The predicted molar refractivity (Wildman–Crippen MR) is 133 cm³/mol. The third kappa shape index (κ3) is 4.86. The Morgan fingerprint density at radius 3 is 2.53 bits per heavy atom. The second kappa shape index (κ2) is 9.75. The van der Waals surface area contributed by atoms with Crippen LogP contribution in [0.15, 0.2) is 24.5 Å². The number of anilines is 1. The normalized spacial score (nSPS) is 25.9. The molecule has 2 aliphatic heterocycles. The number of hydrogen-bond donors (Lipinski definition) is 2. The zero-order valence-electron chi connectivity index (χ0n) is 21.7. The molecule has 1 aliphatic carbocycles. The number of aliphatic hydroxyl groups is 1. The standard InChI is InChI=1S/C27H33F4N5O2/c1-15-13-19(37)23-20(15)24(33-14-32-23)35-9-11-36(12-10-35)25(38)21(18-7-8-26(2,3)34-18)16-5-4-6-17(22(16)28)27(29,30)31/h4-6,14-15,18-19,21,34,37H,7-13H2,1-3H3/t15-,18?,19-,21?/m1/s1. The minimum Gasteiger partial charge on any atom is -0.387 e. The molecule has 3 aliphatic rings. The highest BCUT2D eigenvalue weighted by molar-refractivity contribution is 5.85. The quantitative estimate of drug-likeness (QED) is 0.573. The predicted octanol–water partition coefficient (Wildman–Crippen LogP) is 4.14. The highest BCUT2D eigenvalue weighted by Gasteiger charge is 2.44. The maximum absolute atomic E-state index is 15.3. The van der Waals surface area contributed by atoms with E-state index < -0.39 is 35.6 Å². The molecule has 5 rings (SSSR count). The highest BCUT2D eigenvalue weighted by Crippen LogP contribution is 2.43. The summed E-state index contributed by atoms with van der Waals surface area (Å²) in [4.78, 5) is 26.3. The first kappa shape index (κ1) is 26.8. The number of carbonyl (C=O) groups excluding carboxylic acids is 1. The van der Waals surface area contributed by atoms with Gasteiger partial charge >= 0.3 is 6.18 Å². The SMILES string of the molecule is C[C@@H]1C[C@@H](O)c2ncnc(N3CCN(C(=O)C(c4cccc(C(F)(F)F)c4F)C4CCC(C)(C)N4)CC3)c21. The topological polar surface area (TPSA) is 81.6 Å². The van der Waals surface area contributed by atoms with E-state index in [4.69, 9.17) is 0 Å². The first-order valence-electron chi connectivity index (χ1n) is 13.1. The molecule has 0 bridgehead atoms. The molecule has 3 heterocycles. The first-order valence-corrected chi connectivity index (χ1v) is 13.1. The van der Waals surface area contributed by atoms with Crippen LogP contribution in [0.3, 0.4) is 0 Å². The number of aliphatic hydroxyl groups excluding tert-OH is 1. The van der Waals surface area contributed by atoms with Gasteiger partial charge in [0.05, 0.1) is 23.3 Å². The molecule has 4 atom stereocenters. The van der Waals surface area contributed by atoms with Gasteiger partial charge in [-0.3, -0.25) is 4.79 Å². The number of rotatable bonds is 4. The van der Waals surface area contributed by atoms with E-state index in [1.807, 2.05) is 20.8 Å². The van der Waals surface area contributed by atoms with Gasteiger partial charge in [0, 0.05) is 48.9 Å². The van der Waals surface area contributed by atoms with E-state index in [1.54, 1.807) is 4.90 Å². The van der Waals surface area contributed by atoms with Crippen molar-refractivity contribution in [1.29, 1.82) is 0 Å². The van der Waals surface area contributed by atoms with Gasteiger partial charge in [-0.2, -0.15) is 13.2 Å². The zero-order chi connectivity index (χ0) is 27.4. The van der Waals surface area contributed by atoms with Crippen molar-refractivity contribution in [1.82, 2.24) is 20.2 Å². The summed E-state index contributed by atoms with van der Waals surface area (Å²) < 4.78 is 55.9. The molecule has 2 unspecified atom stereocenters. The Bertz CT molecular complexity index is 1210. The van der Waals surface area contributed by atoms with E-state index in [-0.39, 0.29) is 22.9 Å². The maximum Gasteiger partial charge on any atom is 0.419 e. The summed E-state index contributed by atoms with van der Waals surface area (Å²) in [5, 5.41) is 13.7. The second-order valence-corrected chi connectivity index (χ2v) is 11.3. The monoisotopic (exact) mass is 535 g/mol. The van der Waals surface area contributed by atoms with Crippen LogP contribution in [0.5, 0.6) is 0 Å². The average molecular weight is 536 g/mol. The number of aromatic nitrogens is 2. The number of piperazine rings is 1. The van der Waals surface area contributed by atoms with E-state index in [1.165, 1.54) is 18.5 Å². The van der Waals surface area contributed by atoms with E-state index in [9.17, 15) is 23.1 Å². The lowest BCUT2D eigenvalue weighted by Crippen LogP contribution is -2.53. The number of nitrogens with zero attached hydrogens (tertiary/aromatic N) is 4. The highest BCUT2D eigenvalue weighted by atomic mass is 19.4. The summed E-state index contributed by atoms with van der Waals surface area (Å²) >= 11 is 0. The van der Waals surface area contributed by atoms with Crippen LogP contribution in [0.2, 0.25) is 0 Å². The Hall–Kier alpha value is -2.79. The van der Waals surface area contributed by atoms with Crippen LogP contribution in [0.4, 0.5) is 23.4 Å². The number of nitrogens with one attached hydrogen (secondary N) is 1. The second-order valence-electron chi connectivity index (χ2n) is 11.3. The maximum atomic E-state index is 15.3. The van der Waals surface area contributed by atoms with Crippen LogP contribution < -0.4 is 10.2 Å². The molecule has 2 saturated heterocycles. The minimum absolute atomic E-state index is 0.0981. The van der Waals surface area contributed by atoms with Gasteiger partial charge in [-0.05, 0) is 45.1 Å². The Morgan fingerprint density at radius 1 is 1.18 bits per heavy atom. The lowest BCUT2D eigenvalue weighted by molar-refractivity contribution is -0.140. The van der Waals surface area contributed by atoms with Gasteiger partial charge in [-0.15, -0.1) is 0 Å². The number of amides is 1. The molecule has 0 spiro atoms. The lowest BCUT2D eigenvalue weighted by atomic mass is 9.87. The van der Waals surface area contributed by atoms with Crippen molar-refractivity contribution in [2.24, 2.45) is 0 Å². The van der Waals surface area contributed by atoms with Gasteiger partial charge in [0.2, 0.25) is 5.91 Å². The van der Waals surface area contributed by atoms with Crippen molar-refractivity contribution in [3.05, 3.63) is 52.7 Å². The molecule has 38 heavy (non-hydrogen) atoms. The fourth-order valence-corrected chi connectivity index (χ4v) is 6.23. The summed E-state index contributed by atoms with van der Waals surface area (Å²) in [5.74, 6) is -2.00. The fourth-order valence-electron chi connectivity index (χ4n) is 6.23. The van der Waals surface area contributed by atoms with Crippen molar-refractivity contribution >= 4 is 11.7 Å². The fraction of sp³-hybridized carbons (Fsp3) is 0.593. The smallest absolute Gasteiger partial charge is 0.387 e. The third-order valence-corrected chi connectivity index (χ3v) is 8.16. The minimum atomic E-state index is -4.86.